The van der Waals surface area contributed by atoms with Crippen molar-refractivity contribution in [3.8, 4) is 0 Å². The number of aromatic nitrogens is 2. The number of carbonyl (C=O) groups excluding carboxylic acids is 2. The molecule has 1 aliphatic heterocycles. The topological polar surface area (TPSA) is 101 Å². The van der Waals surface area contributed by atoms with Crippen LogP contribution in [0.15, 0.2) is 30.5 Å². The quantitative estimate of drug-likeness (QED) is 0.856. The fourth-order valence-corrected chi connectivity index (χ4v) is 3.31. The second-order valence-electron chi connectivity index (χ2n) is 6.33. The van der Waals surface area contributed by atoms with Gasteiger partial charge in [-0.05, 0) is 38.0 Å². The normalized spacial score (nSPS) is 17.0. The minimum atomic E-state index is -0.576. The SMILES string of the molecule is Cc1cccc(NC(=O)C2CCCN(c3ncc(C(N)=O)cc3Cl)C2)n1. The summed E-state index contributed by atoms with van der Waals surface area (Å²) in [5, 5.41) is 3.22. The smallest absolute Gasteiger partial charge is 0.250 e. The van der Waals surface area contributed by atoms with Gasteiger partial charge in [-0.3, -0.25) is 9.59 Å². The molecule has 3 rings (SSSR count). The van der Waals surface area contributed by atoms with Gasteiger partial charge >= 0.3 is 0 Å². The predicted molar refractivity (Wildman–Crippen MR) is 100 cm³/mol. The molecular weight excluding hydrogens is 354 g/mol. The Hall–Kier alpha value is -2.67. The van der Waals surface area contributed by atoms with Crippen LogP contribution in [0.4, 0.5) is 11.6 Å². The van der Waals surface area contributed by atoms with Crippen LogP contribution in [0.3, 0.4) is 0 Å². The third-order valence-electron chi connectivity index (χ3n) is 4.34. The number of amides is 2. The number of halogens is 1. The Labute approximate surface area is 156 Å². The fraction of sp³-hybridized carbons (Fsp3) is 0.333. The third-order valence-corrected chi connectivity index (χ3v) is 4.62. The van der Waals surface area contributed by atoms with Crippen LogP contribution in [0.1, 0.15) is 28.9 Å². The van der Waals surface area contributed by atoms with Gasteiger partial charge < -0.3 is 16.0 Å². The van der Waals surface area contributed by atoms with Crippen molar-refractivity contribution in [2.24, 2.45) is 11.7 Å². The molecule has 0 spiro atoms. The number of aryl methyl sites for hydroxylation is 1. The number of rotatable bonds is 4. The van der Waals surface area contributed by atoms with Crippen LogP contribution in [0.2, 0.25) is 5.02 Å². The minimum Gasteiger partial charge on any atom is -0.366 e. The Morgan fingerprint density at radius 1 is 1.38 bits per heavy atom. The summed E-state index contributed by atoms with van der Waals surface area (Å²) in [5.74, 6) is 0.266. The lowest BCUT2D eigenvalue weighted by Crippen LogP contribution is -2.41. The molecule has 1 atom stereocenters. The molecule has 3 heterocycles. The van der Waals surface area contributed by atoms with E-state index in [0.717, 1.165) is 25.1 Å². The van der Waals surface area contributed by atoms with E-state index in [1.165, 1.54) is 12.3 Å². The summed E-state index contributed by atoms with van der Waals surface area (Å²) in [7, 11) is 0. The molecular formula is C18H20ClN5O2. The highest BCUT2D eigenvalue weighted by Gasteiger charge is 2.28. The van der Waals surface area contributed by atoms with E-state index >= 15 is 0 Å². The molecule has 2 amide bonds. The van der Waals surface area contributed by atoms with Crippen LogP contribution < -0.4 is 16.0 Å². The molecule has 2 aromatic heterocycles. The van der Waals surface area contributed by atoms with E-state index in [-0.39, 0.29) is 17.4 Å². The maximum atomic E-state index is 12.6. The van der Waals surface area contributed by atoms with Crippen LogP contribution in [-0.4, -0.2) is 34.9 Å². The van der Waals surface area contributed by atoms with Gasteiger partial charge in [0, 0.05) is 25.0 Å². The molecule has 0 aromatic carbocycles. The molecule has 8 heteroatoms. The Bertz CT molecular complexity index is 842. The van der Waals surface area contributed by atoms with Crippen molar-refractivity contribution < 1.29 is 9.59 Å². The Kier molecular flexibility index (Phi) is 5.37. The number of nitrogens with zero attached hydrogens (tertiary/aromatic N) is 3. The van der Waals surface area contributed by atoms with Crippen molar-refractivity contribution in [1.29, 1.82) is 0 Å². The summed E-state index contributed by atoms with van der Waals surface area (Å²) in [4.78, 5) is 34.3. The van der Waals surface area contributed by atoms with E-state index in [1.54, 1.807) is 6.07 Å². The molecule has 26 heavy (non-hydrogen) atoms. The van der Waals surface area contributed by atoms with Gasteiger partial charge in [-0.2, -0.15) is 0 Å². The summed E-state index contributed by atoms with van der Waals surface area (Å²) in [6, 6.07) is 7.01. The number of pyridine rings is 2. The van der Waals surface area contributed by atoms with Crippen LogP contribution in [-0.2, 0) is 4.79 Å². The number of hydrogen-bond acceptors (Lipinski definition) is 5. The van der Waals surface area contributed by atoms with Gasteiger partial charge in [-0.15, -0.1) is 0 Å². The summed E-state index contributed by atoms with van der Waals surface area (Å²) in [5.41, 5.74) is 6.35. The summed E-state index contributed by atoms with van der Waals surface area (Å²) >= 11 is 6.26. The molecule has 7 nitrogen and oxygen atoms in total. The van der Waals surface area contributed by atoms with E-state index in [9.17, 15) is 9.59 Å². The Morgan fingerprint density at radius 3 is 2.88 bits per heavy atom. The van der Waals surface area contributed by atoms with Gasteiger partial charge in [0.25, 0.3) is 0 Å². The van der Waals surface area contributed by atoms with Gasteiger partial charge in [0.2, 0.25) is 11.8 Å². The van der Waals surface area contributed by atoms with Crippen molar-refractivity contribution in [3.05, 3.63) is 46.7 Å². The highest BCUT2D eigenvalue weighted by atomic mass is 35.5. The first kappa shape index (κ1) is 18.1. The number of nitrogens with one attached hydrogen (secondary N) is 1. The molecule has 0 aliphatic carbocycles. The summed E-state index contributed by atoms with van der Waals surface area (Å²) in [6.07, 6.45) is 3.03. The van der Waals surface area contributed by atoms with Crippen molar-refractivity contribution >= 4 is 35.1 Å². The van der Waals surface area contributed by atoms with Gasteiger partial charge in [0.05, 0.1) is 16.5 Å². The Balaban J connectivity index is 1.71. The second kappa shape index (κ2) is 7.70. The number of piperidine rings is 1. The number of nitrogens with two attached hydrogens (primary N) is 1. The first-order valence-electron chi connectivity index (χ1n) is 8.39. The zero-order valence-electron chi connectivity index (χ0n) is 14.4. The molecule has 0 saturated carbocycles. The zero-order chi connectivity index (χ0) is 18.7. The number of hydrogen-bond donors (Lipinski definition) is 2. The van der Waals surface area contributed by atoms with E-state index < -0.39 is 5.91 Å². The zero-order valence-corrected chi connectivity index (χ0v) is 15.2. The second-order valence-corrected chi connectivity index (χ2v) is 6.74. The Morgan fingerprint density at radius 2 is 2.19 bits per heavy atom. The van der Waals surface area contributed by atoms with Gasteiger partial charge in [0.1, 0.15) is 11.6 Å². The molecule has 1 aliphatic rings. The molecule has 1 fully saturated rings. The maximum Gasteiger partial charge on any atom is 0.250 e. The lowest BCUT2D eigenvalue weighted by molar-refractivity contribution is -0.120. The largest absolute Gasteiger partial charge is 0.366 e. The van der Waals surface area contributed by atoms with Crippen molar-refractivity contribution in [3.63, 3.8) is 0 Å². The summed E-state index contributed by atoms with van der Waals surface area (Å²) < 4.78 is 0. The molecule has 0 bridgehead atoms. The van der Waals surface area contributed by atoms with Crippen LogP contribution in [0.5, 0.6) is 0 Å². The predicted octanol–water partition coefficient (Wildman–Crippen LogP) is 2.39. The first-order valence-corrected chi connectivity index (χ1v) is 8.76. The van der Waals surface area contributed by atoms with E-state index in [1.807, 2.05) is 24.0 Å². The third kappa shape index (κ3) is 4.11. The highest BCUT2D eigenvalue weighted by molar-refractivity contribution is 6.33. The lowest BCUT2D eigenvalue weighted by Gasteiger charge is -2.33. The number of primary amides is 1. The molecule has 1 unspecified atom stereocenters. The fourth-order valence-electron chi connectivity index (χ4n) is 3.02. The monoisotopic (exact) mass is 373 g/mol. The number of anilines is 2. The standard InChI is InChI=1S/C18H20ClN5O2/c1-11-4-2-6-15(22-11)23-18(26)12-5-3-7-24(10-12)17-14(19)8-13(9-21-17)16(20)25/h2,4,6,8-9,12H,3,5,7,10H2,1H3,(H2,20,25)(H,22,23,26). The lowest BCUT2D eigenvalue weighted by atomic mass is 9.97. The van der Waals surface area contributed by atoms with Gasteiger partial charge in [-0.25, -0.2) is 9.97 Å². The van der Waals surface area contributed by atoms with Crippen molar-refractivity contribution in [2.45, 2.75) is 19.8 Å². The summed E-state index contributed by atoms with van der Waals surface area (Å²) in [6.45, 7) is 3.12. The van der Waals surface area contributed by atoms with Gasteiger partial charge in [-0.1, -0.05) is 17.7 Å². The first-order chi connectivity index (χ1) is 12.4. The average Bonchev–Trinajstić information content (AvgIpc) is 2.61. The average molecular weight is 374 g/mol. The number of carbonyl (C=O) groups is 2. The van der Waals surface area contributed by atoms with E-state index in [4.69, 9.17) is 17.3 Å². The van der Waals surface area contributed by atoms with Gasteiger partial charge in [0.15, 0.2) is 0 Å². The molecule has 0 radical (unpaired) electrons. The van der Waals surface area contributed by atoms with Crippen LogP contribution in [0.25, 0.3) is 0 Å². The maximum absolute atomic E-state index is 12.6. The molecule has 1 saturated heterocycles. The minimum absolute atomic E-state index is 0.0716. The molecule has 136 valence electrons. The van der Waals surface area contributed by atoms with Crippen LogP contribution >= 0.6 is 11.6 Å². The van der Waals surface area contributed by atoms with Crippen molar-refractivity contribution in [2.75, 3.05) is 23.3 Å². The molecule has 2 aromatic rings. The van der Waals surface area contributed by atoms with E-state index in [0.29, 0.717) is 23.2 Å². The van der Waals surface area contributed by atoms with Crippen molar-refractivity contribution in [1.82, 2.24) is 9.97 Å². The molecule has 3 N–H and O–H groups in total. The highest BCUT2D eigenvalue weighted by Crippen LogP contribution is 2.28. The van der Waals surface area contributed by atoms with Crippen LogP contribution in [0, 0.1) is 12.8 Å². The van der Waals surface area contributed by atoms with E-state index in [2.05, 4.69) is 15.3 Å².